The van der Waals surface area contributed by atoms with E-state index >= 15 is 0 Å². The van der Waals surface area contributed by atoms with Crippen molar-refractivity contribution in [2.45, 2.75) is 18.9 Å². The molecule has 1 aliphatic rings. The third-order valence-electron chi connectivity index (χ3n) is 3.79. The zero-order valence-electron chi connectivity index (χ0n) is 13.8. The van der Waals surface area contributed by atoms with Crippen molar-refractivity contribution >= 4 is 39.4 Å². The van der Waals surface area contributed by atoms with Gasteiger partial charge >= 0.3 is 5.97 Å². The second-order valence-electron chi connectivity index (χ2n) is 5.90. The smallest absolute Gasteiger partial charge is 0.339 e. The summed E-state index contributed by atoms with van der Waals surface area (Å²) in [7, 11) is 0. The van der Waals surface area contributed by atoms with Crippen LogP contribution in [-0.2, 0) is 9.53 Å². The van der Waals surface area contributed by atoms with Crippen molar-refractivity contribution in [1.29, 1.82) is 0 Å². The topological polar surface area (TPSA) is 84.5 Å². The number of halogens is 1. The molecule has 26 heavy (non-hydrogen) atoms. The number of amides is 2. The normalized spacial score (nSPS) is 13.0. The molecule has 0 heterocycles. The number of para-hydroxylation sites is 1. The van der Waals surface area contributed by atoms with Crippen LogP contribution in [0.25, 0.3) is 0 Å². The van der Waals surface area contributed by atoms with Gasteiger partial charge < -0.3 is 15.4 Å². The number of anilines is 1. The minimum atomic E-state index is -0.604. The van der Waals surface area contributed by atoms with Crippen LogP contribution in [0.2, 0.25) is 0 Å². The number of ether oxygens (including phenoxy) is 1. The van der Waals surface area contributed by atoms with E-state index < -0.39 is 18.5 Å². The highest BCUT2D eigenvalue weighted by Gasteiger charge is 2.25. The quantitative estimate of drug-likeness (QED) is 0.708. The maximum Gasteiger partial charge on any atom is 0.339 e. The lowest BCUT2D eigenvalue weighted by Crippen LogP contribution is -2.28. The average Bonchev–Trinajstić information content (AvgIpc) is 3.44. The molecule has 3 rings (SSSR count). The molecule has 0 aromatic heterocycles. The Balaban J connectivity index is 1.59. The molecular weight excluding hydrogens is 400 g/mol. The van der Waals surface area contributed by atoms with E-state index in [4.69, 9.17) is 4.74 Å². The van der Waals surface area contributed by atoms with Crippen molar-refractivity contribution < 1.29 is 19.1 Å². The third-order valence-corrected chi connectivity index (χ3v) is 4.48. The van der Waals surface area contributed by atoms with Gasteiger partial charge in [0.05, 0.1) is 16.8 Å². The molecule has 0 aliphatic heterocycles. The van der Waals surface area contributed by atoms with Crippen LogP contribution in [0, 0.1) is 0 Å². The van der Waals surface area contributed by atoms with E-state index in [2.05, 4.69) is 26.6 Å². The van der Waals surface area contributed by atoms with Crippen LogP contribution < -0.4 is 10.6 Å². The van der Waals surface area contributed by atoms with Gasteiger partial charge in [0.25, 0.3) is 11.8 Å². The maximum absolute atomic E-state index is 12.2. The molecule has 0 atom stereocenters. The second-order valence-corrected chi connectivity index (χ2v) is 6.75. The molecule has 2 aromatic rings. The van der Waals surface area contributed by atoms with Crippen molar-refractivity contribution in [3.8, 4) is 0 Å². The number of rotatable bonds is 6. The van der Waals surface area contributed by atoms with Crippen LogP contribution in [-0.4, -0.2) is 30.4 Å². The summed E-state index contributed by atoms with van der Waals surface area (Å²) in [5.74, 6) is -1.35. The van der Waals surface area contributed by atoms with Gasteiger partial charge in [-0.2, -0.15) is 0 Å². The average molecular weight is 417 g/mol. The number of carbonyl (C=O) groups is 3. The highest BCUT2D eigenvalue weighted by molar-refractivity contribution is 9.10. The highest BCUT2D eigenvalue weighted by atomic mass is 79.9. The van der Waals surface area contributed by atoms with Gasteiger partial charge in [-0.1, -0.05) is 24.3 Å². The Bertz CT molecular complexity index is 849. The van der Waals surface area contributed by atoms with E-state index in [-0.39, 0.29) is 11.9 Å². The first-order valence-corrected chi connectivity index (χ1v) is 8.95. The molecule has 0 saturated heterocycles. The lowest BCUT2D eigenvalue weighted by Gasteiger charge is -2.11. The number of benzene rings is 2. The monoisotopic (exact) mass is 416 g/mol. The van der Waals surface area contributed by atoms with Crippen LogP contribution in [0.5, 0.6) is 0 Å². The minimum absolute atomic E-state index is 0.219. The Morgan fingerprint density at radius 3 is 2.35 bits per heavy atom. The molecule has 7 heteroatoms. The van der Waals surface area contributed by atoms with Crippen LogP contribution in [0.4, 0.5) is 5.69 Å². The fourth-order valence-corrected chi connectivity index (χ4v) is 2.75. The Morgan fingerprint density at radius 2 is 1.65 bits per heavy atom. The predicted molar refractivity (Wildman–Crippen MR) is 100.0 cm³/mol. The van der Waals surface area contributed by atoms with Gasteiger partial charge in [-0.25, -0.2) is 4.79 Å². The number of hydrogen-bond donors (Lipinski definition) is 2. The van der Waals surface area contributed by atoms with Crippen molar-refractivity contribution in [1.82, 2.24) is 5.32 Å². The summed E-state index contributed by atoms with van der Waals surface area (Å²) in [5, 5.41) is 5.50. The molecule has 0 radical (unpaired) electrons. The van der Waals surface area contributed by atoms with Gasteiger partial charge in [0.1, 0.15) is 0 Å². The molecule has 1 saturated carbocycles. The summed E-state index contributed by atoms with van der Waals surface area (Å²) < 4.78 is 5.63. The number of esters is 1. The van der Waals surface area contributed by atoms with E-state index in [1.807, 2.05) is 0 Å². The summed E-state index contributed by atoms with van der Waals surface area (Å²) in [6.07, 6.45) is 1.95. The van der Waals surface area contributed by atoms with Crippen LogP contribution >= 0.6 is 15.9 Å². The largest absolute Gasteiger partial charge is 0.452 e. The molecule has 6 nitrogen and oxygen atoms in total. The molecular formula is C19H17BrN2O4. The Labute approximate surface area is 159 Å². The van der Waals surface area contributed by atoms with Crippen molar-refractivity contribution in [2.75, 3.05) is 11.9 Å². The van der Waals surface area contributed by atoms with Gasteiger partial charge in [-0.3, -0.25) is 9.59 Å². The van der Waals surface area contributed by atoms with E-state index in [0.29, 0.717) is 21.3 Å². The van der Waals surface area contributed by atoms with E-state index in [9.17, 15) is 14.4 Å². The van der Waals surface area contributed by atoms with Crippen LogP contribution in [0.15, 0.2) is 53.0 Å². The highest BCUT2D eigenvalue weighted by Crippen LogP contribution is 2.21. The van der Waals surface area contributed by atoms with E-state index in [1.165, 1.54) is 0 Å². The molecule has 2 amide bonds. The zero-order chi connectivity index (χ0) is 18.5. The van der Waals surface area contributed by atoms with E-state index in [0.717, 1.165) is 12.8 Å². The fraction of sp³-hybridized carbons (Fsp3) is 0.211. The zero-order valence-corrected chi connectivity index (χ0v) is 15.4. The fourth-order valence-electron chi connectivity index (χ4n) is 2.30. The first-order chi connectivity index (χ1) is 12.5. The summed E-state index contributed by atoms with van der Waals surface area (Å²) in [6, 6.07) is 13.7. The molecule has 1 aliphatic carbocycles. The lowest BCUT2D eigenvalue weighted by molar-refractivity contribution is -0.119. The predicted octanol–water partition coefficient (Wildman–Crippen LogP) is 3.14. The third kappa shape index (κ3) is 4.70. The molecule has 0 spiro atoms. The lowest BCUT2D eigenvalue weighted by atomic mass is 10.1. The first-order valence-electron chi connectivity index (χ1n) is 8.16. The molecule has 0 bridgehead atoms. The van der Waals surface area contributed by atoms with Crippen LogP contribution in [0.3, 0.4) is 0 Å². The summed E-state index contributed by atoms with van der Waals surface area (Å²) >= 11 is 3.26. The van der Waals surface area contributed by atoms with Crippen molar-refractivity contribution in [2.24, 2.45) is 0 Å². The standard InChI is InChI=1S/C19H17BrN2O4/c20-15-7-3-1-5-13(15)19(25)26-11-17(23)22-16-8-4-2-6-14(16)18(24)21-12-9-10-12/h1-8,12H,9-11H2,(H,21,24)(H,22,23). The van der Waals surface area contributed by atoms with E-state index in [1.54, 1.807) is 48.5 Å². The number of carbonyl (C=O) groups excluding carboxylic acids is 3. The summed E-state index contributed by atoms with van der Waals surface area (Å²) in [6.45, 7) is -0.446. The Hall–Kier alpha value is -2.67. The molecule has 2 N–H and O–H groups in total. The Kier molecular flexibility index (Phi) is 5.68. The minimum Gasteiger partial charge on any atom is -0.452 e. The summed E-state index contributed by atoms with van der Waals surface area (Å²) in [4.78, 5) is 36.4. The van der Waals surface area contributed by atoms with Gasteiger partial charge in [-0.05, 0) is 53.0 Å². The Morgan fingerprint density at radius 1 is 1.00 bits per heavy atom. The first kappa shape index (κ1) is 18.1. The SMILES string of the molecule is O=C(COC(=O)c1ccccc1Br)Nc1ccccc1C(=O)NC1CC1. The molecule has 134 valence electrons. The van der Waals surface area contributed by atoms with Gasteiger partial charge in [0, 0.05) is 10.5 Å². The maximum atomic E-state index is 12.2. The summed E-state index contributed by atoms with van der Waals surface area (Å²) in [5.41, 5.74) is 1.10. The number of hydrogen-bond acceptors (Lipinski definition) is 4. The van der Waals surface area contributed by atoms with Crippen molar-refractivity contribution in [3.63, 3.8) is 0 Å². The van der Waals surface area contributed by atoms with Crippen molar-refractivity contribution in [3.05, 3.63) is 64.1 Å². The van der Waals surface area contributed by atoms with Gasteiger partial charge in [-0.15, -0.1) is 0 Å². The van der Waals surface area contributed by atoms with Gasteiger partial charge in [0.15, 0.2) is 6.61 Å². The second kappa shape index (κ2) is 8.14. The van der Waals surface area contributed by atoms with Crippen LogP contribution in [0.1, 0.15) is 33.6 Å². The van der Waals surface area contributed by atoms with Gasteiger partial charge in [0.2, 0.25) is 0 Å². The molecule has 1 fully saturated rings. The number of nitrogens with one attached hydrogen (secondary N) is 2. The molecule has 0 unspecified atom stereocenters. The molecule has 2 aromatic carbocycles.